The minimum Gasteiger partial charge on any atom is -0.494 e. The van der Waals surface area contributed by atoms with Crippen molar-refractivity contribution in [1.29, 1.82) is 0 Å². The average Bonchev–Trinajstić information content (AvgIpc) is 3.03. The van der Waals surface area contributed by atoms with Gasteiger partial charge in [-0.2, -0.15) is 0 Å². The van der Waals surface area contributed by atoms with Crippen molar-refractivity contribution < 1.29 is 13.2 Å². The third-order valence-corrected chi connectivity index (χ3v) is 6.78. The van der Waals surface area contributed by atoms with Gasteiger partial charge in [0.1, 0.15) is 11.4 Å². The van der Waals surface area contributed by atoms with Crippen LogP contribution >= 0.6 is 15.9 Å². The Hall–Kier alpha value is -2.19. The summed E-state index contributed by atoms with van der Waals surface area (Å²) in [6.07, 6.45) is 0. The van der Waals surface area contributed by atoms with Crippen LogP contribution in [0.2, 0.25) is 0 Å². The van der Waals surface area contributed by atoms with Crippen LogP contribution in [0.4, 0.5) is 0 Å². The van der Waals surface area contributed by atoms with Gasteiger partial charge < -0.3 is 4.74 Å². The molecule has 1 heterocycles. The number of ether oxygens (including phenoxy) is 1. The third-order valence-electron chi connectivity index (χ3n) is 4.51. The van der Waals surface area contributed by atoms with Crippen molar-refractivity contribution in [2.45, 2.75) is 43.0 Å². The maximum Gasteiger partial charge on any atom is 0.227 e. The van der Waals surface area contributed by atoms with Gasteiger partial charge in [-0.25, -0.2) is 13.1 Å². The Bertz CT molecular complexity index is 1110. The van der Waals surface area contributed by atoms with Crippen LogP contribution in [0.5, 0.6) is 5.75 Å². The predicted molar refractivity (Wildman–Crippen MR) is 111 cm³/mol. The highest BCUT2D eigenvalue weighted by atomic mass is 79.9. The van der Waals surface area contributed by atoms with E-state index in [0.29, 0.717) is 17.1 Å². The molecule has 0 atom stereocenters. The van der Waals surface area contributed by atoms with E-state index in [1.165, 1.54) is 4.68 Å². The summed E-state index contributed by atoms with van der Waals surface area (Å²) in [6, 6.07) is 12.3. The summed E-state index contributed by atoms with van der Waals surface area (Å²) >= 11 is 3.42. The SMILES string of the molecule is COc1ccc(Br)cc1-n1nnc(S(=O)(=O)c2ccc(C(C)(C)C)cc2)c1C. The van der Waals surface area contributed by atoms with E-state index in [4.69, 9.17) is 4.74 Å². The minimum absolute atomic E-state index is 0.0570. The molecule has 6 nitrogen and oxygen atoms in total. The first-order valence-corrected chi connectivity index (χ1v) is 10.9. The van der Waals surface area contributed by atoms with Gasteiger partial charge in [-0.1, -0.05) is 54.0 Å². The lowest BCUT2D eigenvalue weighted by atomic mass is 9.87. The molecule has 0 amide bonds. The minimum atomic E-state index is -3.80. The first-order valence-electron chi connectivity index (χ1n) is 8.67. The normalized spacial score (nSPS) is 12.2. The first kappa shape index (κ1) is 20.5. The lowest BCUT2D eigenvalue weighted by Crippen LogP contribution is -2.12. The molecule has 0 N–H and O–H groups in total. The summed E-state index contributed by atoms with van der Waals surface area (Å²) in [5.74, 6) is 0.565. The number of hydrogen-bond acceptors (Lipinski definition) is 5. The zero-order valence-corrected chi connectivity index (χ0v) is 18.8. The highest BCUT2D eigenvalue weighted by Crippen LogP contribution is 2.30. The van der Waals surface area contributed by atoms with Crippen LogP contribution in [0.1, 0.15) is 32.0 Å². The second-order valence-corrected chi connectivity index (χ2v) is 10.3. The molecule has 1 aromatic heterocycles. The van der Waals surface area contributed by atoms with E-state index in [9.17, 15) is 8.42 Å². The van der Waals surface area contributed by atoms with E-state index >= 15 is 0 Å². The molecule has 8 heteroatoms. The molecule has 0 unspecified atom stereocenters. The van der Waals surface area contributed by atoms with E-state index in [0.717, 1.165) is 10.0 Å². The van der Waals surface area contributed by atoms with Crippen LogP contribution < -0.4 is 4.74 Å². The lowest BCUT2D eigenvalue weighted by Gasteiger charge is -2.19. The van der Waals surface area contributed by atoms with Gasteiger partial charge in [0.15, 0.2) is 0 Å². The average molecular weight is 464 g/mol. The third kappa shape index (κ3) is 3.71. The quantitative estimate of drug-likeness (QED) is 0.570. The van der Waals surface area contributed by atoms with Gasteiger partial charge in [-0.15, -0.1) is 5.10 Å². The maximum absolute atomic E-state index is 13.1. The van der Waals surface area contributed by atoms with Gasteiger partial charge in [0, 0.05) is 4.47 Å². The number of hydrogen-bond donors (Lipinski definition) is 0. The molecule has 0 aliphatic heterocycles. The Balaban J connectivity index is 2.07. The molecule has 0 bridgehead atoms. The summed E-state index contributed by atoms with van der Waals surface area (Å²) in [4.78, 5) is 0.192. The molecule has 0 fully saturated rings. The summed E-state index contributed by atoms with van der Waals surface area (Å²) in [5, 5.41) is 7.97. The molecule has 3 rings (SSSR count). The molecule has 0 saturated carbocycles. The van der Waals surface area contributed by atoms with Crippen LogP contribution in [0.15, 0.2) is 56.9 Å². The second kappa shape index (κ2) is 7.33. The monoisotopic (exact) mass is 463 g/mol. The second-order valence-electron chi connectivity index (χ2n) is 7.49. The molecular formula is C20H22BrN3O3S. The van der Waals surface area contributed by atoms with E-state index in [-0.39, 0.29) is 15.3 Å². The van der Waals surface area contributed by atoms with Crippen molar-refractivity contribution in [3.8, 4) is 11.4 Å². The number of rotatable bonds is 4. The Labute approximate surface area is 173 Å². The molecule has 0 radical (unpaired) electrons. The molecule has 0 aliphatic carbocycles. The molecule has 0 saturated heterocycles. The number of sulfone groups is 1. The number of nitrogens with zero attached hydrogens (tertiary/aromatic N) is 3. The van der Waals surface area contributed by atoms with Gasteiger partial charge in [0.2, 0.25) is 14.9 Å². The standard InChI is InChI=1S/C20H22BrN3O3S/c1-13-19(22-23-24(13)17-12-15(21)8-11-18(17)27-5)28(25,26)16-9-6-14(7-10-16)20(2,3)4/h6-12H,1-5H3. The van der Waals surface area contributed by atoms with Crippen LogP contribution in [-0.2, 0) is 15.3 Å². The number of aromatic nitrogens is 3. The smallest absolute Gasteiger partial charge is 0.227 e. The number of halogens is 1. The number of benzene rings is 2. The molecule has 148 valence electrons. The lowest BCUT2D eigenvalue weighted by molar-refractivity contribution is 0.411. The fraction of sp³-hybridized carbons (Fsp3) is 0.300. The van der Waals surface area contributed by atoms with Crippen molar-refractivity contribution in [3.05, 3.63) is 58.2 Å². The maximum atomic E-state index is 13.1. The summed E-state index contributed by atoms with van der Waals surface area (Å²) in [6.45, 7) is 7.92. The zero-order valence-electron chi connectivity index (χ0n) is 16.4. The van der Waals surface area contributed by atoms with Crippen LogP contribution in [0, 0.1) is 6.92 Å². The van der Waals surface area contributed by atoms with E-state index < -0.39 is 9.84 Å². The Morgan fingerprint density at radius 1 is 1.07 bits per heavy atom. The van der Waals surface area contributed by atoms with Gasteiger partial charge >= 0.3 is 0 Å². The van der Waals surface area contributed by atoms with Crippen molar-refractivity contribution in [3.63, 3.8) is 0 Å². The Kier molecular flexibility index (Phi) is 5.38. The van der Waals surface area contributed by atoms with Crippen LogP contribution in [0.3, 0.4) is 0 Å². The fourth-order valence-electron chi connectivity index (χ4n) is 2.87. The van der Waals surface area contributed by atoms with Crippen molar-refractivity contribution in [2.24, 2.45) is 0 Å². The molecule has 28 heavy (non-hydrogen) atoms. The van der Waals surface area contributed by atoms with Gasteiger partial charge in [0.05, 0.1) is 17.7 Å². The zero-order chi connectivity index (χ0) is 20.7. The van der Waals surface area contributed by atoms with E-state index in [1.807, 2.05) is 18.2 Å². The highest BCUT2D eigenvalue weighted by Gasteiger charge is 2.27. The number of methoxy groups -OCH3 is 1. The van der Waals surface area contributed by atoms with Gasteiger partial charge in [-0.3, -0.25) is 0 Å². The molecule has 0 spiro atoms. The molecular weight excluding hydrogens is 442 g/mol. The summed E-state index contributed by atoms with van der Waals surface area (Å²) in [5.41, 5.74) is 2.02. The largest absolute Gasteiger partial charge is 0.494 e. The first-order chi connectivity index (χ1) is 13.1. The van der Waals surface area contributed by atoms with E-state index in [2.05, 4.69) is 47.0 Å². The van der Waals surface area contributed by atoms with Crippen LogP contribution in [-0.4, -0.2) is 30.5 Å². The summed E-state index contributed by atoms with van der Waals surface area (Å²) < 4.78 is 33.9. The Morgan fingerprint density at radius 2 is 1.71 bits per heavy atom. The van der Waals surface area contributed by atoms with Crippen LogP contribution in [0.25, 0.3) is 5.69 Å². The van der Waals surface area contributed by atoms with E-state index in [1.54, 1.807) is 38.3 Å². The Morgan fingerprint density at radius 3 is 2.29 bits per heavy atom. The highest BCUT2D eigenvalue weighted by molar-refractivity contribution is 9.10. The molecule has 3 aromatic rings. The van der Waals surface area contributed by atoms with Crippen molar-refractivity contribution >= 4 is 25.8 Å². The van der Waals surface area contributed by atoms with Crippen molar-refractivity contribution in [2.75, 3.05) is 7.11 Å². The fourth-order valence-corrected chi connectivity index (χ4v) is 4.55. The molecule has 0 aliphatic rings. The topological polar surface area (TPSA) is 74.1 Å². The van der Waals surface area contributed by atoms with Crippen molar-refractivity contribution in [1.82, 2.24) is 15.0 Å². The summed E-state index contributed by atoms with van der Waals surface area (Å²) in [7, 11) is -2.25. The predicted octanol–water partition coefficient (Wildman–Crippen LogP) is 4.48. The van der Waals surface area contributed by atoms with Gasteiger partial charge in [-0.05, 0) is 48.2 Å². The van der Waals surface area contributed by atoms with Gasteiger partial charge in [0.25, 0.3) is 0 Å². The molecule has 2 aromatic carbocycles.